The summed E-state index contributed by atoms with van der Waals surface area (Å²) in [6.45, 7) is 0. The Kier molecular flexibility index (Phi) is 4.29. The van der Waals surface area contributed by atoms with Gasteiger partial charge in [-0.25, -0.2) is 24.0 Å². The van der Waals surface area contributed by atoms with E-state index in [9.17, 15) is 18.0 Å². The highest BCUT2D eigenvalue weighted by Gasteiger charge is 2.16. The topological polar surface area (TPSA) is 80.0 Å². The Morgan fingerprint density at radius 3 is 2.57 bits per heavy atom. The van der Waals surface area contributed by atoms with E-state index >= 15 is 0 Å². The van der Waals surface area contributed by atoms with Crippen molar-refractivity contribution >= 4 is 29.0 Å². The van der Waals surface area contributed by atoms with Crippen molar-refractivity contribution in [2.45, 2.75) is 0 Å². The van der Waals surface area contributed by atoms with Gasteiger partial charge >= 0.3 is 0 Å². The molecule has 9 heteroatoms. The minimum absolute atomic E-state index is 0.0110. The molecular formula is C12H8ClF3N4O. The van der Waals surface area contributed by atoms with Crippen LogP contribution in [0, 0.1) is 17.5 Å². The molecule has 2 rings (SSSR count). The Morgan fingerprint density at radius 1 is 1.24 bits per heavy atom. The van der Waals surface area contributed by atoms with Crippen LogP contribution in [0.4, 0.5) is 24.7 Å². The molecule has 4 N–H and O–H groups in total. The van der Waals surface area contributed by atoms with Gasteiger partial charge in [0.15, 0.2) is 23.3 Å². The fourth-order valence-corrected chi connectivity index (χ4v) is 1.71. The van der Waals surface area contributed by atoms with Gasteiger partial charge in [-0.2, -0.15) is 0 Å². The molecule has 1 aromatic heterocycles. The van der Waals surface area contributed by atoms with Crippen LogP contribution in [0.5, 0.6) is 0 Å². The number of hydrogen-bond acceptors (Lipinski definition) is 4. The quantitative estimate of drug-likeness (QED) is 0.462. The summed E-state index contributed by atoms with van der Waals surface area (Å²) in [4.78, 5) is 15.6. The van der Waals surface area contributed by atoms with Gasteiger partial charge < -0.3 is 10.7 Å². The Bertz CT molecular complexity index is 711. The number of nitrogens with one attached hydrogen (secondary N) is 2. The number of nitrogen functional groups attached to an aromatic ring is 1. The van der Waals surface area contributed by atoms with Crippen LogP contribution in [0.2, 0.25) is 5.02 Å². The van der Waals surface area contributed by atoms with Crippen LogP contribution in [0.3, 0.4) is 0 Å². The minimum Gasteiger partial charge on any atom is -0.319 e. The van der Waals surface area contributed by atoms with Crippen molar-refractivity contribution in [1.29, 1.82) is 0 Å². The number of pyridine rings is 1. The fraction of sp³-hybridized carbons (Fsp3) is 0. The van der Waals surface area contributed by atoms with E-state index in [4.69, 9.17) is 17.4 Å². The Balaban J connectivity index is 2.26. The van der Waals surface area contributed by atoms with E-state index in [0.29, 0.717) is 6.07 Å². The highest BCUT2D eigenvalue weighted by Crippen LogP contribution is 2.22. The molecule has 21 heavy (non-hydrogen) atoms. The van der Waals surface area contributed by atoms with Gasteiger partial charge in [0.2, 0.25) is 0 Å². The number of amides is 1. The van der Waals surface area contributed by atoms with Crippen molar-refractivity contribution in [3.05, 3.63) is 52.4 Å². The first-order chi connectivity index (χ1) is 9.93. The van der Waals surface area contributed by atoms with Crippen molar-refractivity contribution in [2.24, 2.45) is 5.84 Å². The summed E-state index contributed by atoms with van der Waals surface area (Å²) >= 11 is 5.79. The summed E-state index contributed by atoms with van der Waals surface area (Å²) in [7, 11) is 0. The molecule has 0 saturated heterocycles. The van der Waals surface area contributed by atoms with Crippen molar-refractivity contribution in [1.82, 2.24) is 4.98 Å². The van der Waals surface area contributed by atoms with E-state index in [1.807, 2.05) is 0 Å². The fourth-order valence-electron chi connectivity index (χ4n) is 1.49. The summed E-state index contributed by atoms with van der Waals surface area (Å²) in [5, 5.41) is 2.15. The standard InChI is InChI=1S/C12H8ClF3N4O/c13-6-3-5(4-18-11(6)20-17)12(21)19-8-2-1-7(14)9(15)10(8)16/h1-4H,17H2,(H,18,20)(H,19,21). The first-order valence-corrected chi connectivity index (χ1v) is 5.89. The molecule has 0 aliphatic heterocycles. The van der Waals surface area contributed by atoms with Crippen molar-refractivity contribution in [3.63, 3.8) is 0 Å². The molecular weight excluding hydrogens is 309 g/mol. The molecule has 0 unspecified atom stereocenters. The number of anilines is 2. The first-order valence-electron chi connectivity index (χ1n) is 5.51. The molecule has 1 aromatic carbocycles. The van der Waals surface area contributed by atoms with Crippen LogP contribution in [-0.2, 0) is 0 Å². The van der Waals surface area contributed by atoms with Crippen LogP contribution in [-0.4, -0.2) is 10.9 Å². The molecule has 0 saturated carbocycles. The Labute approximate surface area is 121 Å². The summed E-state index contributed by atoms with van der Waals surface area (Å²) in [5.41, 5.74) is 1.69. The molecule has 2 aromatic rings. The third kappa shape index (κ3) is 3.06. The largest absolute Gasteiger partial charge is 0.319 e. The number of halogens is 4. The monoisotopic (exact) mass is 316 g/mol. The Hall–Kier alpha value is -2.32. The molecule has 0 spiro atoms. The van der Waals surface area contributed by atoms with Gasteiger partial charge in [-0.05, 0) is 18.2 Å². The molecule has 110 valence electrons. The average molecular weight is 317 g/mol. The third-order valence-corrected chi connectivity index (χ3v) is 2.81. The molecule has 0 fully saturated rings. The molecule has 1 heterocycles. The number of nitrogens with zero attached hydrogens (tertiary/aromatic N) is 1. The van der Waals surface area contributed by atoms with Gasteiger partial charge in [0.05, 0.1) is 16.3 Å². The van der Waals surface area contributed by atoms with E-state index in [0.717, 1.165) is 12.3 Å². The number of aromatic nitrogens is 1. The molecule has 0 aliphatic carbocycles. The van der Waals surface area contributed by atoms with Crippen molar-refractivity contribution < 1.29 is 18.0 Å². The molecule has 0 atom stereocenters. The molecule has 0 bridgehead atoms. The van der Waals surface area contributed by atoms with Gasteiger partial charge in [-0.15, -0.1) is 0 Å². The number of carbonyl (C=O) groups excluding carboxylic acids is 1. The predicted molar refractivity (Wildman–Crippen MR) is 71.3 cm³/mol. The maximum atomic E-state index is 13.4. The summed E-state index contributed by atoms with van der Waals surface area (Å²) < 4.78 is 39.3. The lowest BCUT2D eigenvalue weighted by molar-refractivity contribution is 0.102. The maximum absolute atomic E-state index is 13.4. The van der Waals surface area contributed by atoms with Crippen molar-refractivity contribution in [2.75, 3.05) is 10.7 Å². The second kappa shape index (κ2) is 5.98. The van der Waals surface area contributed by atoms with Crippen LogP contribution in [0.1, 0.15) is 10.4 Å². The van der Waals surface area contributed by atoms with Crippen LogP contribution < -0.4 is 16.6 Å². The van der Waals surface area contributed by atoms with Gasteiger partial charge in [-0.3, -0.25) is 4.79 Å². The number of rotatable bonds is 3. The van der Waals surface area contributed by atoms with Crippen LogP contribution >= 0.6 is 11.6 Å². The number of hydrogen-bond donors (Lipinski definition) is 3. The number of hydrazine groups is 1. The number of nitrogens with two attached hydrogens (primary N) is 1. The average Bonchev–Trinajstić information content (AvgIpc) is 2.47. The van der Waals surface area contributed by atoms with E-state index < -0.39 is 29.0 Å². The number of carbonyl (C=O) groups is 1. The van der Waals surface area contributed by atoms with E-state index in [1.165, 1.54) is 6.07 Å². The van der Waals surface area contributed by atoms with Crippen LogP contribution in [0.15, 0.2) is 24.4 Å². The maximum Gasteiger partial charge on any atom is 0.257 e. The second-order valence-corrected chi connectivity index (χ2v) is 4.28. The van der Waals surface area contributed by atoms with Gasteiger partial charge in [0, 0.05) is 6.20 Å². The van der Waals surface area contributed by atoms with E-state index in [-0.39, 0.29) is 16.4 Å². The zero-order valence-corrected chi connectivity index (χ0v) is 11.0. The smallest absolute Gasteiger partial charge is 0.257 e. The van der Waals surface area contributed by atoms with E-state index in [1.54, 1.807) is 0 Å². The molecule has 1 amide bonds. The highest BCUT2D eigenvalue weighted by atomic mass is 35.5. The number of benzene rings is 1. The summed E-state index contributed by atoms with van der Waals surface area (Å²) in [6, 6.07) is 2.83. The normalized spacial score (nSPS) is 10.3. The lowest BCUT2D eigenvalue weighted by Gasteiger charge is -2.08. The van der Waals surface area contributed by atoms with Gasteiger partial charge in [-0.1, -0.05) is 11.6 Å². The SMILES string of the molecule is NNc1ncc(C(=O)Nc2ccc(F)c(F)c2F)cc1Cl. The van der Waals surface area contributed by atoms with Crippen LogP contribution in [0.25, 0.3) is 0 Å². The molecule has 0 radical (unpaired) electrons. The van der Waals surface area contributed by atoms with Gasteiger partial charge in [0.1, 0.15) is 0 Å². The zero-order valence-electron chi connectivity index (χ0n) is 10.3. The third-order valence-electron chi connectivity index (χ3n) is 2.52. The lowest BCUT2D eigenvalue weighted by Crippen LogP contribution is -2.15. The highest BCUT2D eigenvalue weighted by molar-refractivity contribution is 6.33. The Morgan fingerprint density at radius 2 is 1.95 bits per heavy atom. The second-order valence-electron chi connectivity index (χ2n) is 3.88. The van der Waals surface area contributed by atoms with Crippen molar-refractivity contribution in [3.8, 4) is 0 Å². The van der Waals surface area contributed by atoms with E-state index in [2.05, 4.69) is 15.7 Å². The zero-order chi connectivity index (χ0) is 15.6. The minimum atomic E-state index is -1.67. The lowest BCUT2D eigenvalue weighted by atomic mass is 10.2. The predicted octanol–water partition coefficient (Wildman–Crippen LogP) is 2.69. The van der Waals surface area contributed by atoms with Gasteiger partial charge in [0.25, 0.3) is 5.91 Å². The summed E-state index contributed by atoms with van der Waals surface area (Å²) in [5.74, 6) is -0.0464. The molecule has 5 nitrogen and oxygen atoms in total. The molecule has 0 aliphatic rings. The summed E-state index contributed by atoms with van der Waals surface area (Å²) in [6.07, 6.45) is 1.13. The first kappa shape index (κ1) is 15.1.